The van der Waals surface area contributed by atoms with Crippen LogP contribution in [0.1, 0.15) is 38.4 Å². The summed E-state index contributed by atoms with van der Waals surface area (Å²) in [5, 5.41) is 1.07. The van der Waals surface area contributed by atoms with E-state index in [1.165, 1.54) is 5.56 Å². The lowest BCUT2D eigenvalue weighted by atomic mass is 10.1. The van der Waals surface area contributed by atoms with E-state index in [4.69, 9.17) is 4.74 Å². The van der Waals surface area contributed by atoms with Crippen molar-refractivity contribution >= 4 is 17.0 Å². The van der Waals surface area contributed by atoms with Gasteiger partial charge in [-0.15, -0.1) is 0 Å². The Kier molecular flexibility index (Phi) is 4.93. The molecule has 0 saturated carbocycles. The number of benzene rings is 2. The van der Waals surface area contributed by atoms with Crippen molar-refractivity contribution in [3.8, 4) is 0 Å². The Balaban J connectivity index is 1.83. The Bertz CT molecular complexity index is 857. The van der Waals surface area contributed by atoms with Crippen molar-refractivity contribution in [3.63, 3.8) is 0 Å². The predicted molar refractivity (Wildman–Crippen MR) is 102 cm³/mol. The van der Waals surface area contributed by atoms with E-state index in [0.717, 1.165) is 35.9 Å². The first-order chi connectivity index (χ1) is 11.9. The lowest BCUT2D eigenvalue weighted by Gasteiger charge is -2.21. The van der Waals surface area contributed by atoms with E-state index in [-0.39, 0.29) is 6.09 Å². The molecular formula is C22H25NO2. The van der Waals surface area contributed by atoms with Gasteiger partial charge in [0.1, 0.15) is 5.60 Å². The topological polar surface area (TPSA) is 31.2 Å². The second kappa shape index (κ2) is 7.14. The zero-order chi connectivity index (χ0) is 17.9. The molecule has 0 radical (unpaired) electrons. The summed E-state index contributed by atoms with van der Waals surface area (Å²) in [6, 6.07) is 20.5. The molecule has 3 rings (SSSR count). The van der Waals surface area contributed by atoms with E-state index in [1.54, 1.807) is 4.57 Å². The van der Waals surface area contributed by atoms with Crippen LogP contribution in [0.4, 0.5) is 4.79 Å². The highest BCUT2D eigenvalue weighted by atomic mass is 16.6. The van der Waals surface area contributed by atoms with E-state index < -0.39 is 5.60 Å². The third-order valence-corrected chi connectivity index (χ3v) is 4.10. The third kappa shape index (κ3) is 4.30. The number of carbonyl (C=O) groups is 1. The number of ether oxygens (including phenoxy) is 1. The molecule has 0 spiro atoms. The van der Waals surface area contributed by atoms with Gasteiger partial charge in [-0.05, 0) is 57.7 Å². The van der Waals surface area contributed by atoms with Crippen LogP contribution < -0.4 is 0 Å². The predicted octanol–water partition coefficient (Wildman–Crippen LogP) is 5.60. The first kappa shape index (κ1) is 17.3. The number of aromatic nitrogens is 1. The third-order valence-electron chi connectivity index (χ3n) is 4.10. The van der Waals surface area contributed by atoms with Crippen LogP contribution in [0.5, 0.6) is 0 Å². The summed E-state index contributed by atoms with van der Waals surface area (Å²) in [7, 11) is 0. The van der Waals surface area contributed by atoms with Gasteiger partial charge in [0, 0.05) is 11.1 Å². The minimum atomic E-state index is -0.510. The van der Waals surface area contributed by atoms with Gasteiger partial charge < -0.3 is 4.74 Å². The van der Waals surface area contributed by atoms with Crippen LogP contribution in [-0.2, 0) is 17.6 Å². The van der Waals surface area contributed by atoms with Crippen molar-refractivity contribution in [2.45, 2.75) is 45.6 Å². The Morgan fingerprint density at radius 2 is 1.64 bits per heavy atom. The SMILES string of the molecule is CC(C)(C)OC(=O)n1c(CCCc2ccccc2)cc2ccccc21. The van der Waals surface area contributed by atoms with Crippen LogP contribution in [0.2, 0.25) is 0 Å². The largest absolute Gasteiger partial charge is 0.443 e. The molecular weight excluding hydrogens is 310 g/mol. The number of aryl methyl sites for hydroxylation is 2. The molecule has 0 saturated heterocycles. The Morgan fingerprint density at radius 3 is 2.36 bits per heavy atom. The fourth-order valence-electron chi connectivity index (χ4n) is 3.04. The highest BCUT2D eigenvalue weighted by Gasteiger charge is 2.21. The zero-order valence-corrected chi connectivity index (χ0v) is 15.2. The number of hydrogen-bond donors (Lipinski definition) is 0. The number of fused-ring (bicyclic) bond motifs is 1. The second-order valence-electron chi connectivity index (χ2n) is 7.35. The average molecular weight is 335 g/mol. The normalized spacial score (nSPS) is 11.6. The van der Waals surface area contributed by atoms with Crippen molar-refractivity contribution in [1.82, 2.24) is 4.57 Å². The first-order valence-corrected chi connectivity index (χ1v) is 8.81. The lowest BCUT2D eigenvalue weighted by Crippen LogP contribution is -2.28. The van der Waals surface area contributed by atoms with Crippen molar-refractivity contribution in [1.29, 1.82) is 0 Å². The summed E-state index contributed by atoms with van der Waals surface area (Å²) in [6.07, 6.45) is 2.52. The average Bonchev–Trinajstić information content (AvgIpc) is 2.92. The fourth-order valence-corrected chi connectivity index (χ4v) is 3.04. The lowest BCUT2D eigenvalue weighted by molar-refractivity contribution is 0.0540. The van der Waals surface area contributed by atoms with E-state index in [1.807, 2.05) is 51.1 Å². The summed E-state index contributed by atoms with van der Waals surface area (Å²) in [4.78, 5) is 12.7. The van der Waals surface area contributed by atoms with E-state index in [0.29, 0.717) is 0 Å². The van der Waals surface area contributed by atoms with Gasteiger partial charge in [0.05, 0.1) is 5.52 Å². The second-order valence-corrected chi connectivity index (χ2v) is 7.35. The highest BCUT2D eigenvalue weighted by molar-refractivity contribution is 5.91. The molecule has 0 unspecified atom stereocenters. The molecule has 0 atom stereocenters. The minimum absolute atomic E-state index is 0.302. The van der Waals surface area contributed by atoms with Crippen LogP contribution in [0.3, 0.4) is 0 Å². The standard InChI is InChI=1S/C22H25NO2/c1-22(2,3)25-21(24)23-19(16-18-13-7-8-15-20(18)23)14-9-12-17-10-5-4-6-11-17/h4-8,10-11,13,15-16H,9,12,14H2,1-3H3. The summed E-state index contributed by atoms with van der Waals surface area (Å²) < 4.78 is 7.35. The van der Waals surface area contributed by atoms with Crippen LogP contribution in [0.25, 0.3) is 10.9 Å². The molecule has 25 heavy (non-hydrogen) atoms. The van der Waals surface area contributed by atoms with Crippen molar-refractivity contribution in [2.24, 2.45) is 0 Å². The molecule has 130 valence electrons. The number of rotatable bonds is 4. The maximum Gasteiger partial charge on any atom is 0.419 e. The van der Waals surface area contributed by atoms with Crippen molar-refractivity contribution < 1.29 is 9.53 Å². The monoisotopic (exact) mass is 335 g/mol. The Labute approximate surface area is 149 Å². The Hall–Kier alpha value is -2.55. The van der Waals surface area contributed by atoms with Crippen LogP contribution in [-0.4, -0.2) is 16.3 Å². The molecule has 0 aliphatic heterocycles. The number of para-hydroxylation sites is 1. The first-order valence-electron chi connectivity index (χ1n) is 8.81. The molecule has 3 heteroatoms. The molecule has 0 aliphatic carbocycles. The minimum Gasteiger partial charge on any atom is -0.443 e. The van der Waals surface area contributed by atoms with E-state index in [9.17, 15) is 4.79 Å². The maximum atomic E-state index is 12.7. The fraction of sp³-hybridized carbons (Fsp3) is 0.318. The molecule has 2 aromatic carbocycles. The maximum absolute atomic E-state index is 12.7. The van der Waals surface area contributed by atoms with Crippen LogP contribution in [0, 0.1) is 0 Å². The van der Waals surface area contributed by atoms with Crippen molar-refractivity contribution in [2.75, 3.05) is 0 Å². The van der Waals surface area contributed by atoms with Gasteiger partial charge >= 0.3 is 6.09 Å². The molecule has 1 aromatic heterocycles. The zero-order valence-electron chi connectivity index (χ0n) is 15.2. The van der Waals surface area contributed by atoms with E-state index >= 15 is 0 Å². The van der Waals surface area contributed by atoms with Crippen molar-refractivity contribution in [3.05, 3.63) is 71.9 Å². The molecule has 0 aliphatic rings. The van der Waals surface area contributed by atoms with Gasteiger partial charge in [0.2, 0.25) is 0 Å². The molecule has 3 nitrogen and oxygen atoms in total. The summed E-state index contributed by atoms with van der Waals surface area (Å²) in [6.45, 7) is 5.68. The van der Waals surface area contributed by atoms with Gasteiger partial charge in [-0.1, -0.05) is 48.5 Å². The van der Waals surface area contributed by atoms with Gasteiger partial charge in [0.15, 0.2) is 0 Å². The molecule has 1 heterocycles. The summed E-state index contributed by atoms with van der Waals surface area (Å²) in [5.74, 6) is 0. The van der Waals surface area contributed by atoms with Gasteiger partial charge in [-0.3, -0.25) is 0 Å². The Morgan fingerprint density at radius 1 is 0.960 bits per heavy atom. The number of nitrogens with zero attached hydrogens (tertiary/aromatic N) is 1. The summed E-state index contributed by atoms with van der Waals surface area (Å²) in [5.41, 5.74) is 2.73. The number of hydrogen-bond acceptors (Lipinski definition) is 2. The molecule has 3 aromatic rings. The molecule has 0 bridgehead atoms. The van der Waals surface area contributed by atoms with Gasteiger partial charge in [-0.2, -0.15) is 0 Å². The van der Waals surface area contributed by atoms with Crippen LogP contribution in [0.15, 0.2) is 60.7 Å². The highest BCUT2D eigenvalue weighted by Crippen LogP contribution is 2.23. The quantitative estimate of drug-likeness (QED) is 0.621. The van der Waals surface area contributed by atoms with Crippen LogP contribution >= 0.6 is 0 Å². The van der Waals surface area contributed by atoms with Gasteiger partial charge in [-0.25, -0.2) is 9.36 Å². The molecule has 0 fully saturated rings. The summed E-state index contributed by atoms with van der Waals surface area (Å²) >= 11 is 0. The molecule has 0 N–H and O–H groups in total. The number of carbonyl (C=O) groups excluding carboxylic acids is 1. The van der Waals surface area contributed by atoms with E-state index in [2.05, 4.69) is 30.3 Å². The molecule has 0 amide bonds. The van der Waals surface area contributed by atoms with Gasteiger partial charge in [0.25, 0.3) is 0 Å². The smallest absolute Gasteiger partial charge is 0.419 e.